The summed E-state index contributed by atoms with van der Waals surface area (Å²) in [6.45, 7) is 3.47. The van der Waals surface area contributed by atoms with Crippen LogP contribution in [0.1, 0.15) is 35.7 Å². The molecule has 104 valence electrons. The van der Waals surface area contributed by atoms with E-state index in [-0.39, 0.29) is 11.6 Å². The van der Waals surface area contributed by atoms with Gasteiger partial charge in [-0.3, -0.25) is 0 Å². The van der Waals surface area contributed by atoms with Crippen LogP contribution in [0.25, 0.3) is 0 Å². The van der Waals surface area contributed by atoms with Crippen molar-refractivity contribution in [3.63, 3.8) is 0 Å². The Hall–Kier alpha value is -2.17. The van der Waals surface area contributed by atoms with E-state index < -0.39 is 0 Å². The van der Waals surface area contributed by atoms with E-state index in [2.05, 4.69) is 9.97 Å². The van der Waals surface area contributed by atoms with Gasteiger partial charge in [0.15, 0.2) is 11.6 Å². The minimum Gasteiger partial charge on any atom is -0.435 e. The number of anilines is 1. The summed E-state index contributed by atoms with van der Waals surface area (Å²) < 4.78 is 19.6. The Kier molecular flexibility index (Phi) is 3.04. The molecular formula is C15H16FN3O. The highest BCUT2D eigenvalue weighted by atomic mass is 19.1. The van der Waals surface area contributed by atoms with Gasteiger partial charge in [-0.2, -0.15) is 4.98 Å². The minimum atomic E-state index is -0.378. The zero-order valence-corrected chi connectivity index (χ0v) is 11.5. The lowest BCUT2D eigenvalue weighted by atomic mass is 10.2. The average Bonchev–Trinajstić information content (AvgIpc) is 3.24. The molecule has 1 aromatic heterocycles. The molecule has 0 unspecified atom stereocenters. The third-order valence-corrected chi connectivity index (χ3v) is 3.46. The molecule has 1 aromatic carbocycles. The third-order valence-electron chi connectivity index (χ3n) is 3.46. The molecule has 0 saturated heterocycles. The lowest BCUT2D eigenvalue weighted by Gasteiger charge is -2.12. The van der Waals surface area contributed by atoms with Crippen molar-refractivity contribution in [2.24, 2.45) is 0 Å². The summed E-state index contributed by atoms with van der Waals surface area (Å²) in [5.74, 6) is 1.57. The molecule has 0 spiro atoms. The van der Waals surface area contributed by atoms with Crippen molar-refractivity contribution in [2.75, 3.05) is 5.73 Å². The van der Waals surface area contributed by atoms with Crippen LogP contribution in [0.5, 0.6) is 11.6 Å². The molecule has 2 aromatic rings. The first-order valence-corrected chi connectivity index (χ1v) is 6.63. The van der Waals surface area contributed by atoms with Gasteiger partial charge in [0.2, 0.25) is 5.88 Å². The molecule has 4 nitrogen and oxygen atoms in total. The zero-order valence-electron chi connectivity index (χ0n) is 11.5. The molecule has 2 N–H and O–H groups in total. The smallest absolute Gasteiger partial charge is 0.227 e. The van der Waals surface area contributed by atoms with Gasteiger partial charge in [0.05, 0.1) is 5.56 Å². The van der Waals surface area contributed by atoms with Crippen molar-refractivity contribution < 1.29 is 9.13 Å². The summed E-state index contributed by atoms with van der Waals surface area (Å²) in [7, 11) is 0. The van der Waals surface area contributed by atoms with Crippen molar-refractivity contribution >= 4 is 5.82 Å². The minimum absolute atomic E-state index is 0.160. The van der Waals surface area contributed by atoms with Crippen LogP contribution in [0.15, 0.2) is 18.2 Å². The van der Waals surface area contributed by atoms with Gasteiger partial charge in [-0.25, -0.2) is 9.37 Å². The maximum absolute atomic E-state index is 14.0. The fourth-order valence-electron chi connectivity index (χ4n) is 1.96. The maximum atomic E-state index is 14.0. The lowest BCUT2D eigenvalue weighted by molar-refractivity contribution is 0.420. The molecule has 1 heterocycles. The van der Waals surface area contributed by atoms with E-state index in [0.29, 0.717) is 34.6 Å². The van der Waals surface area contributed by atoms with Gasteiger partial charge in [0, 0.05) is 5.92 Å². The normalized spacial score (nSPS) is 14.3. The van der Waals surface area contributed by atoms with Crippen molar-refractivity contribution in [3.8, 4) is 11.6 Å². The van der Waals surface area contributed by atoms with E-state index in [9.17, 15) is 4.39 Å². The standard InChI is InChI=1S/C15H16FN3O/c1-8-4-3-5-11(12(8)16)20-15-9(2)13(17)18-14(19-15)10-6-7-10/h3-5,10H,6-7H2,1-2H3,(H2,17,18,19). The molecule has 0 amide bonds. The Labute approximate surface area is 116 Å². The third kappa shape index (κ3) is 2.31. The first-order chi connectivity index (χ1) is 9.56. The zero-order chi connectivity index (χ0) is 14.3. The van der Waals surface area contributed by atoms with E-state index in [1.54, 1.807) is 32.0 Å². The predicted octanol–water partition coefficient (Wildman–Crippen LogP) is 3.48. The number of aryl methyl sites for hydroxylation is 1. The van der Waals surface area contributed by atoms with Gasteiger partial charge in [0.1, 0.15) is 11.6 Å². The first kappa shape index (κ1) is 12.8. The second-order valence-corrected chi connectivity index (χ2v) is 5.16. The number of hydrogen-bond acceptors (Lipinski definition) is 4. The van der Waals surface area contributed by atoms with Gasteiger partial charge < -0.3 is 10.5 Å². The number of halogens is 1. The van der Waals surface area contributed by atoms with Crippen LogP contribution in [0.4, 0.5) is 10.2 Å². The average molecular weight is 273 g/mol. The van der Waals surface area contributed by atoms with Crippen LogP contribution in [-0.2, 0) is 0 Å². The molecule has 5 heteroatoms. The highest BCUT2D eigenvalue weighted by Gasteiger charge is 2.28. The molecule has 0 atom stereocenters. The second kappa shape index (κ2) is 4.74. The van der Waals surface area contributed by atoms with Gasteiger partial charge in [-0.05, 0) is 38.3 Å². The Balaban J connectivity index is 1.99. The van der Waals surface area contributed by atoms with E-state index in [4.69, 9.17) is 10.5 Å². The molecule has 3 rings (SSSR count). The summed E-state index contributed by atoms with van der Waals surface area (Å²) >= 11 is 0. The van der Waals surface area contributed by atoms with Gasteiger partial charge in [-0.15, -0.1) is 0 Å². The fraction of sp³-hybridized carbons (Fsp3) is 0.333. The van der Waals surface area contributed by atoms with E-state index in [1.807, 2.05) is 0 Å². The molecule has 1 fully saturated rings. The predicted molar refractivity (Wildman–Crippen MR) is 74.4 cm³/mol. The number of nitrogens with two attached hydrogens (primary N) is 1. The van der Waals surface area contributed by atoms with E-state index >= 15 is 0 Å². The number of aromatic nitrogens is 2. The van der Waals surface area contributed by atoms with Gasteiger partial charge in [-0.1, -0.05) is 12.1 Å². The Morgan fingerprint density at radius 2 is 2.00 bits per heavy atom. The fourth-order valence-corrected chi connectivity index (χ4v) is 1.96. The highest BCUT2D eigenvalue weighted by Crippen LogP contribution is 2.40. The van der Waals surface area contributed by atoms with Gasteiger partial charge >= 0.3 is 0 Å². The van der Waals surface area contributed by atoms with Crippen LogP contribution in [-0.4, -0.2) is 9.97 Å². The van der Waals surface area contributed by atoms with Crippen LogP contribution < -0.4 is 10.5 Å². The summed E-state index contributed by atoms with van der Waals surface area (Å²) in [6.07, 6.45) is 2.14. The number of rotatable bonds is 3. The summed E-state index contributed by atoms with van der Waals surface area (Å²) in [5.41, 5.74) is 7.05. The molecule has 0 aliphatic heterocycles. The molecular weight excluding hydrogens is 257 g/mol. The topological polar surface area (TPSA) is 61.0 Å². The molecule has 20 heavy (non-hydrogen) atoms. The monoisotopic (exact) mass is 273 g/mol. The number of hydrogen-bond donors (Lipinski definition) is 1. The number of nitrogens with zero attached hydrogens (tertiary/aromatic N) is 2. The summed E-state index contributed by atoms with van der Waals surface area (Å²) in [5, 5.41) is 0. The highest BCUT2D eigenvalue weighted by molar-refractivity contribution is 5.47. The number of nitrogen functional groups attached to an aromatic ring is 1. The van der Waals surface area contributed by atoms with Crippen LogP contribution in [0.3, 0.4) is 0 Å². The Morgan fingerprint density at radius 1 is 1.25 bits per heavy atom. The van der Waals surface area contributed by atoms with Gasteiger partial charge in [0.25, 0.3) is 0 Å². The molecule has 1 saturated carbocycles. The maximum Gasteiger partial charge on any atom is 0.227 e. The van der Waals surface area contributed by atoms with E-state index in [0.717, 1.165) is 12.8 Å². The summed E-state index contributed by atoms with van der Waals surface area (Å²) in [4.78, 5) is 8.65. The first-order valence-electron chi connectivity index (χ1n) is 6.63. The Bertz CT molecular complexity index is 668. The number of ether oxygens (including phenoxy) is 1. The number of benzene rings is 1. The summed E-state index contributed by atoms with van der Waals surface area (Å²) in [6, 6.07) is 5.02. The molecule has 1 aliphatic rings. The van der Waals surface area contributed by atoms with Crippen molar-refractivity contribution in [2.45, 2.75) is 32.6 Å². The largest absolute Gasteiger partial charge is 0.435 e. The van der Waals surface area contributed by atoms with Crippen molar-refractivity contribution in [1.82, 2.24) is 9.97 Å². The molecule has 1 aliphatic carbocycles. The quantitative estimate of drug-likeness (QED) is 0.930. The van der Waals surface area contributed by atoms with Crippen LogP contribution in [0.2, 0.25) is 0 Å². The molecule has 0 bridgehead atoms. The van der Waals surface area contributed by atoms with Crippen LogP contribution in [0, 0.1) is 19.7 Å². The van der Waals surface area contributed by atoms with Crippen LogP contribution >= 0.6 is 0 Å². The lowest BCUT2D eigenvalue weighted by Crippen LogP contribution is -2.05. The molecule has 0 radical (unpaired) electrons. The SMILES string of the molecule is Cc1cccc(Oc2nc(C3CC3)nc(N)c2C)c1F. The Morgan fingerprint density at radius 3 is 2.70 bits per heavy atom. The van der Waals surface area contributed by atoms with Crippen molar-refractivity contribution in [1.29, 1.82) is 0 Å². The van der Waals surface area contributed by atoms with E-state index in [1.165, 1.54) is 0 Å². The van der Waals surface area contributed by atoms with Crippen molar-refractivity contribution in [3.05, 3.63) is 41.0 Å². The second-order valence-electron chi connectivity index (χ2n) is 5.16.